The summed E-state index contributed by atoms with van der Waals surface area (Å²) in [7, 11) is 3.48. The van der Waals surface area contributed by atoms with E-state index in [0.29, 0.717) is 6.54 Å². The molecule has 4 heteroatoms. The Morgan fingerprint density at radius 3 is 2.89 bits per heavy atom. The van der Waals surface area contributed by atoms with Gasteiger partial charge in [0, 0.05) is 19.6 Å². The van der Waals surface area contributed by atoms with E-state index in [-0.39, 0.29) is 17.9 Å². The minimum atomic E-state index is -0.00407. The molecular weight excluding hydrogens is 240 g/mol. The third kappa shape index (κ3) is 3.26. The maximum atomic E-state index is 12.3. The van der Waals surface area contributed by atoms with Gasteiger partial charge in [0.05, 0.1) is 13.0 Å². The Kier molecular flexibility index (Phi) is 4.43. The van der Waals surface area contributed by atoms with Crippen molar-refractivity contribution in [2.45, 2.75) is 31.8 Å². The van der Waals surface area contributed by atoms with Gasteiger partial charge in [-0.2, -0.15) is 0 Å². The molecule has 1 saturated carbocycles. The molecule has 1 fully saturated rings. The fraction of sp³-hybridized carbons (Fsp3) is 0.533. The third-order valence-corrected chi connectivity index (χ3v) is 3.82. The quantitative estimate of drug-likeness (QED) is 0.900. The summed E-state index contributed by atoms with van der Waals surface area (Å²) in [5.74, 6) is 0.972. The molecule has 1 aliphatic rings. The Bertz CT molecular complexity index is 448. The lowest BCUT2D eigenvalue weighted by molar-refractivity contribution is -0.134. The number of hydrogen-bond acceptors (Lipinski definition) is 3. The van der Waals surface area contributed by atoms with Gasteiger partial charge in [-0.3, -0.25) is 4.79 Å². The molecule has 0 aromatic heterocycles. The van der Waals surface area contributed by atoms with E-state index in [0.717, 1.165) is 30.6 Å². The van der Waals surface area contributed by atoms with E-state index >= 15 is 0 Å². The van der Waals surface area contributed by atoms with Crippen molar-refractivity contribution in [2.75, 3.05) is 14.2 Å². The standard InChI is InChI=1S/C15H22N2O2/c1-17(15(18)13-7-4-8-14(13)16)10-11-5-3-6-12(9-11)19-2/h3,5-6,9,13-14H,4,7-8,10,16H2,1-2H3. The predicted octanol–water partition coefficient (Wildman–Crippen LogP) is 1.78. The number of carbonyl (C=O) groups is 1. The van der Waals surface area contributed by atoms with Crippen LogP contribution in [0.25, 0.3) is 0 Å². The maximum Gasteiger partial charge on any atom is 0.227 e. The van der Waals surface area contributed by atoms with Crippen LogP contribution in [-0.2, 0) is 11.3 Å². The Labute approximate surface area is 114 Å². The van der Waals surface area contributed by atoms with E-state index in [1.165, 1.54) is 0 Å². The van der Waals surface area contributed by atoms with Crippen LogP contribution in [0.15, 0.2) is 24.3 Å². The summed E-state index contributed by atoms with van der Waals surface area (Å²) in [4.78, 5) is 14.1. The van der Waals surface area contributed by atoms with Crippen molar-refractivity contribution in [3.63, 3.8) is 0 Å². The van der Waals surface area contributed by atoms with Gasteiger partial charge in [-0.05, 0) is 30.5 Å². The van der Waals surface area contributed by atoms with Crippen LogP contribution in [0, 0.1) is 5.92 Å². The van der Waals surface area contributed by atoms with E-state index in [2.05, 4.69) is 0 Å². The normalized spacial score (nSPS) is 22.3. The number of carbonyl (C=O) groups excluding carboxylic acids is 1. The van der Waals surface area contributed by atoms with Crippen LogP contribution in [0.5, 0.6) is 5.75 Å². The highest BCUT2D eigenvalue weighted by Gasteiger charge is 2.32. The minimum absolute atomic E-state index is 0.00407. The van der Waals surface area contributed by atoms with Gasteiger partial charge in [0.15, 0.2) is 0 Å². The van der Waals surface area contributed by atoms with Gasteiger partial charge in [-0.25, -0.2) is 0 Å². The smallest absolute Gasteiger partial charge is 0.227 e. The first-order valence-corrected chi connectivity index (χ1v) is 6.75. The Morgan fingerprint density at radius 2 is 2.26 bits per heavy atom. The number of hydrogen-bond donors (Lipinski definition) is 1. The molecule has 0 bridgehead atoms. The molecule has 2 rings (SSSR count). The molecule has 1 aromatic rings. The number of ether oxygens (including phenoxy) is 1. The van der Waals surface area contributed by atoms with Crippen LogP contribution in [0.4, 0.5) is 0 Å². The molecule has 2 atom stereocenters. The number of nitrogens with zero attached hydrogens (tertiary/aromatic N) is 1. The molecule has 1 aliphatic carbocycles. The lowest BCUT2D eigenvalue weighted by Gasteiger charge is -2.23. The SMILES string of the molecule is COc1cccc(CN(C)C(=O)C2CCCC2N)c1. The van der Waals surface area contributed by atoms with Gasteiger partial charge < -0.3 is 15.4 Å². The second-order valence-corrected chi connectivity index (χ2v) is 5.25. The second-order valence-electron chi connectivity index (χ2n) is 5.25. The Hall–Kier alpha value is -1.55. The molecule has 1 amide bonds. The molecule has 0 saturated heterocycles. The number of rotatable bonds is 4. The van der Waals surface area contributed by atoms with E-state index in [4.69, 9.17) is 10.5 Å². The van der Waals surface area contributed by atoms with Gasteiger partial charge in [0.2, 0.25) is 5.91 Å². The van der Waals surface area contributed by atoms with Gasteiger partial charge in [0.25, 0.3) is 0 Å². The summed E-state index contributed by atoms with van der Waals surface area (Å²) in [5.41, 5.74) is 7.06. The molecule has 2 N–H and O–H groups in total. The summed E-state index contributed by atoms with van der Waals surface area (Å²) >= 11 is 0. The fourth-order valence-corrected chi connectivity index (χ4v) is 2.70. The summed E-state index contributed by atoms with van der Waals surface area (Å²) in [5, 5.41) is 0. The van der Waals surface area contributed by atoms with Crippen molar-refractivity contribution in [3.8, 4) is 5.75 Å². The van der Waals surface area contributed by atoms with E-state index in [1.54, 1.807) is 12.0 Å². The van der Waals surface area contributed by atoms with E-state index in [9.17, 15) is 4.79 Å². The molecule has 0 spiro atoms. The lowest BCUT2D eigenvalue weighted by Crippen LogP contribution is -2.39. The summed E-state index contributed by atoms with van der Waals surface area (Å²) in [6, 6.07) is 7.82. The van der Waals surface area contributed by atoms with Crippen LogP contribution in [0.1, 0.15) is 24.8 Å². The van der Waals surface area contributed by atoms with Crippen molar-refractivity contribution < 1.29 is 9.53 Å². The van der Waals surface area contributed by atoms with Crippen LogP contribution in [0.3, 0.4) is 0 Å². The van der Waals surface area contributed by atoms with Crippen LogP contribution >= 0.6 is 0 Å². The molecule has 2 unspecified atom stereocenters. The highest BCUT2D eigenvalue weighted by atomic mass is 16.5. The van der Waals surface area contributed by atoms with Crippen molar-refractivity contribution in [2.24, 2.45) is 11.7 Å². The largest absolute Gasteiger partial charge is 0.497 e. The number of amides is 1. The monoisotopic (exact) mass is 262 g/mol. The minimum Gasteiger partial charge on any atom is -0.497 e. The molecule has 0 aliphatic heterocycles. The average molecular weight is 262 g/mol. The van der Waals surface area contributed by atoms with Crippen molar-refractivity contribution in [1.29, 1.82) is 0 Å². The first-order valence-electron chi connectivity index (χ1n) is 6.75. The molecule has 0 radical (unpaired) electrons. The van der Waals surface area contributed by atoms with Gasteiger partial charge in [-0.15, -0.1) is 0 Å². The molecule has 4 nitrogen and oxygen atoms in total. The molecule has 19 heavy (non-hydrogen) atoms. The third-order valence-electron chi connectivity index (χ3n) is 3.82. The van der Waals surface area contributed by atoms with Crippen molar-refractivity contribution in [1.82, 2.24) is 4.90 Å². The number of methoxy groups -OCH3 is 1. The highest BCUT2D eigenvalue weighted by Crippen LogP contribution is 2.26. The highest BCUT2D eigenvalue weighted by molar-refractivity contribution is 5.79. The van der Waals surface area contributed by atoms with Crippen molar-refractivity contribution >= 4 is 5.91 Å². The summed E-state index contributed by atoms with van der Waals surface area (Å²) < 4.78 is 5.19. The molecule has 0 heterocycles. The zero-order chi connectivity index (χ0) is 13.8. The zero-order valence-corrected chi connectivity index (χ0v) is 11.6. The average Bonchev–Trinajstić information content (AvgIpc) is 2.84. The fourth-order valence-electron chi connectivity index (χ4n) is 2.70. The predicted molar refractivity (Wildman–Crippen MR) is 74.8 cm³/mol. The molecular formula is C15H22N2O2. The lowest BCUT2D eigenvalue weighted by atomic mass is 10.0. The van der Waals surface area contributed by atoms with Crippen LogP contribution < -0.4 is 10.5 Å². The first-order chi connectivity index (χ1) is 9.11. The first kappa shape index (κ1) is 13.9. The Morgan fingerprint density at radius 1 is 1.47 bits per heavy atom. The van der Waals surface area contributed by atoms with Crippen molar-refractivity contribution in [3.05, 3.63) is 29.8 Å². The summed E-state index contributed by atoms with van der Waals surface area (Å²) in [6.07, 6.45) is 2.94. The molecule has 1 aromatic carbocycles. The van der Waals surface area contributed by atoms with Crippen LogP contribution in [-0.4, -0.2) is 31.0 Å². The molecule has 104 valence electrons. The zero-order valence-electron chi connectivity index (χ0n) is 11.6. The van der Waals surface area contributed by atoms with Crippen LogP contribution in [0.2, 0.25) is 0 Å². The van der Waals surface area contributed by atoms with Gasteiger partial charge in [-0.1, -0.05) is 18.6 Å². The summed E-state index contributed by atoms with van der Waals surface area (Å²) in [6.45, 7) is 0.596. The van der Waals surface area contributed by atoms with E-state index < -0.39 is 0 Å². The van der Waals surface area contributed by atoms with E-state index in [1.807, 2.05) is 31.3 Å². The second kappa shape index (κ2) is 6.06. The Balaban J connectivity index is 1.99. The number of nitrogens with two attached hydrogens (primary N) is 1. The van der Waals surface area contributed by atoms with Gasteiger partial charge >= 0.3 is 0 Å². The maximum absolute atomic E-state index is 12.3. The topological polar surface area (TPSA) is 55.6 Å². The number of benzene rings is 1. The van der Waals surface area contributed by atoms with Gasteiger partial charge in [0.1, 0.15) is 5.75 Å².